The molecule has 2 rings (SSSR count). The first kappa shape index (κ1) is 12.7. The zero-order valence-electron chi connectivity index (χ0n) is 10.0. The molecule has 0 aromatic heterocycles. The molecule has 0 unspecified atom stereocenters. The summed E-state index contributed by atoms with van der Waals surface area (Å²) in [6, 6.07) is 9.62. The van der Waals surface area contributed by atoms with E-state index < -0.39 is 0 Å². The van der Waals surface area contributed by atoms with Gasteiger partial charge in [0.15, 0.2) is 0 Å². The van der Waals surface area contributed by atoms with Crippen molar-refractivity contribution < 1.29 is 13.9 Å². The van der Waals surface area contributed by atoms with Crippen molar-refractivity contribution in [2.24, 2.45) is 0 Å². The van der Waals surface area contributed by atoms with E-state index in [0.29, 0.717) is 27.6 Å². The molecule has 0 N–H and O–H groups in total. The lowest BCUT2D eigenvalue weighted by Crippen LogP contribution is -1.90. The van der Waals surface area contributed by atoms with Gasteiger partial charge in [0.2, 0.25) is 0 Å². The number of benzene rings is 2. The van der Waals surface area contributed by atoms with E-state index in [1.165, 1.54) is 12.1 Å². The van der Waals surface area contributed by atoms with Crippen LogP contribution in [-0.2, 0) is 0 Å². The van der Waals surface area contributed by atoms with Crippen LogP contribution in [0.2, 0.25) is 5.02 Å². The van der Waals surface area contributed by atoms with Gasteiger partial charge in [0.1, 0.15) is 17.3 Å². The van der Waals surface area contributed by atoms with Crippen LogP contribution >= 0.6 is 11.6 Å². The van der Waals surface area contributed by atoms with E-state index in [-0.39, 0.29) is 5.82 Å². The minimum atomic E-state index is -0.338. The van der Waals surface area contributed by atoms with Crippen molar-refractivity contribution in [3.05, 3.63) is 47.2 Å². The summed E-state index contributed by atoms with van der Waals surface area (Å²) in [5.74, 6) is 0.863. The molecule has 0 aliphatic rings. The molecule has 2 aromatic rings. The molecular formula is C14H12ClFO2. The van der Waals surface area contributed by atoms with Crippen LogP contribution in [0.5, 0.6) is 11.5 Å². The highest BCUT2D eigenvalue weighted by Gasteiger charge is 2.09. The second kappa shape index (κ2) is 5.27. The SMILES string of the molecule is COc1cc(OC)cc(-c2cc(Cl)ccc2F)c1. The molecule has 4 heteroatoms. The molecule has 2 nitrogen and oxygen atoms in total. The normalized spacial score (nSPS) is 10.2. The fourth-order valence-electron chi connectivity index (χ4n) is 1.68. The number of rotatable bonds is 3. The maximum Gasteiger partial charge on any atom is 0.131 e. The maximum absolute atomic E-state index is 13.8. The first-order valence-electron chi connectivity index (χ1n) is 5.32. The maximum atomic E-state index is 13.8. The van der Waals surface area contributed by atoms with Gasteiger partial charge < -0.3 is 9.47 Å². The number of hydrogen-bond donors (Lipinski definition) is 0. The van der Waals surface area contributed by atoms with Crippen molar-refractivity contribution in [1.82, 2.24) is 0 Å². The van der Waals surface area contributed by atoms with E-state index in [2.05, 4.69) is 0 Å². The molecule has 0 aliphatic carbocycles. The summed E-state index contributed by atoms with van der Waals surface area (Å²) in [5.41, 5.74) is 1.07. The highest BCUT2D eigenvalue weighted by molar-refractivity contribution is 6.30. The van der Waals surface area contributed by atoms with Crippen molar-refractivity contribution in [2.75, 3.05) is 14.2 Å². The molecule has 0 saturated carbocycles. The van der Waals surface area contributed by atoms with E-state index in [0.717, 1.165) is 0 Å². The van der Waals surface area contributed by atoms with Gasteiger partial charge in [-0.2, -0.15) is 0 Å². The van der Waals surface area contributed by atoms with Gasteiger partial charge in [-0.15, -0.1) is 0 Å². The van der Waals surface area contributed by atoms with Gasteiger partial charge in [0.25, 0.3) is 0 Å². The summed E-state index contributed by atoms with van der Waals surface area (Å²) in [6.45, 7) is 0. The summed E-state index contributed by atoms with van der Waals surface area (Å²) < 4.78 is 24.1. The van der Waals surface area contributed by atoms with Gasteiger partial charge in [-0.1, -0.05) is 11.6 Å². The number of ether oxygens (including phenoxy) is 2. The predicted molar refractivity (Wildman–Crippen MR) is 70.0 cm³/mol. The van der Waals surface area contributed by atoms with Crippen molar-refractivity contribution in [3.63, 3.8) is 0 Å². The van der Waals surface area contributed by atoms with Gasteiger partial charge in [-0.05, 0) is 35.9 Å². The smallest absolute Gasteiger partial charge is 0.131 e. The fraction of sp³-hybridized carbons (Fsp3) is 0.143. The predicted octanol–water partition coefficient (Wildman–Crippen LogP) is 4.16. The number of halogens is 2. The number of methoxy groups -OCH3 is 2. The highest BCUT2D eigenvalue weighted by atomic mass is 35.5. The van der Waals surface area contributed by atoms with Crippen LogP contribution in [0.4, 0.5) is 4.39 Å². The van der Waals surface area contributed by atoms with Crippen LogP contribution < -0.4 is 9.47 Å². The fourth-order valence-corrected chi connectivity index (χ4v) is 1.85. The molecule has 0 aliphatic heterocycles. The van der Waals surface area contributed by atoms with Gasteiger partial charge in [-0.25, -0.2) is 4.39 Å². The van der Waals surface area contributed by atoms with Crippen LogP contribution in [0, 0.1) is 5.82 Å². The van der Waals surface area contributed by atoms with Crippen molar-refractivity contribution in [2.45, 2.75) is 0 Å². The first-order chi connectivity index (χ1) is 8.63. The summed E-state index contributed by atoms with van der Waals surface area (Å²) in [4.78, 5) is 0. The van der Waals surface area contributed by atoms with E-state index in [4.69, 9.17) is 21.1 Å². The monoisotopic (exact) mass is 266 g/mol. The van der Waals surface area contributed by atoms with Crippen molar-refractivity contribution >= 4 is 11.6 Å². The molecule has 94 valence electrons. The summed E-state index contributed by atoms with van der Waals surface area (Å²) in [6.07, 6.45) is 0. The van der Waals surface area contributed by atoms with Gasteiger partial charge in [-0.3, -0.25) is 0 Å². The summed E-state index contributed by atoms with van der Waals surface area (Å²) in [7, 11) is 3.10. The number of hydrogen-bond acceptors (Lipinski definition) is 2. The molecule has 0 saturated heterocycles. The van der Waals surface area contributed by atoms with Gasteiger partial charge in [0.05, 0.1) is 14.2 Å². The third-order valence-electron chi connectivity index (χ3n) is 2.59. The largest absolute Gasteiger partial charge is 0.497 e. The standard InChI is InChI=1S/C14H12ClFO2/c1-17-11-5-9(6-12(8-11)18-2)13-7-10(15)3-4-14(13)16/h3-8H,1-2H3. The molecule has 0 radical (unpaired) electrons. The Hall–Kier alpha value is -1.74. The third-order valence-corrected chi connectivity index (χ3v) is 2.83. The zero-order chi connectivity index (χ0) is 13.1. The third kappa shape index (κ3) is 2.57. The Bertz CT molecular complexity index is 547. The molecule has 0 bridgehead atoms. The summed E-state index contributed by atoms with van der Waals surface area (Å²) >= 11 is 5.88. The zero-order valence-corrected chi connectivity index (χ0v) is 10.8. The Morgan fingerprint density at radius 1 is 0.944 bits per heavy atom. The average Bonchev–Trinajstić information content (AvgIpc) is 2.40. The van der Waals surface area contributed by atoms with Crippen molar-refractivity contribution in [3.8, 4) is 22.6 Å². The lowest BCUT2D eigenvalue weighted by molar-refractivity contribution is 0.394. The molecule has 0 fully saturated rings. The molecule has 0 amide bonds. The van der Waals surface area contributed by atoms with Crippen LogP contribution in [0.3, 0.4) is 0 Å². The Labute approximate surface area is 110 Å². The van der Waals surface area contributed by atoms with Crippen LogP contribution in [0.1, 0.15) is 0 Å². The minimum absolute atomic E-state index is 0.338. The highest BCUT2D eigenvalue weighted by Crippen LogP contribution is 2.32. The van der Waals surface area contributed by atoms with Crippen LogP contribution in [0.15, 0.2) is 36.4 Å². The quantitative estimate of drug-likeness (QED) is 0.830. The van der Waals surface area contributed by atoms with Crippen molar-refractivity contribution in [1.29, 1.82) is 0 Å². The second-order valence-corrected chi connectivity index (χ2v) is 4.16. The van der Waals surface area contributed by atoms with Crippen LogP contribution in [0.25, 0.3) is 11.1 Å². The Kier molecular flexibility index (Phi) is 3.72. The van der Waals surface area contributed by atoms with E-state index >= 15 is 0 Å². The minimum Gasteiger partial charge on any atom is -0.497 e. The van der Waals surface area contributed by atoms with Crippen LogP contribution in [-0.4, -0.2) is 14.2 Å². The molecule has 0 heterocycles. The van der Waals surface area contributed by atoms with E-state index in [1.54, 1.807) is 38.5 Å². The molecule has 18 heavy (non-hydrogen) atoms. The molecule has 0 spiro atoms. The van der Waals surface area contributed by atoms with Gasteiger partial charge in [0, 0.05) is 16.7 Å². The lowest BCUT2D eigenvalue weighted by Gasteiger charge is -2.09. The van der Waals surface area contributed by atoms with E-state index in [9.17, 15) is 4.39 Å². The average molecular weight is 267 g/mol. The molecule has 2 aromatic carbocycles. The summed E-state index contributed by atoms with van der Waals surface area (Å²) in [5, 5.41) is 0.480. The molecule has 0 atom stereocenters. The first-order valence-corrected chi connectivity index (χ1v) is 5.70. The van der Waals surface area contributed by atoms with Gasteiger partial charge >= 0.3 is 0 Å². The van der Waals surface area contributed by atoms with E-state index in [1.807, 2.05) is 0 Å². The topological polar surface area (TPSA) is 18.5 Å². The Morgan fingerprint density at radius 3 is 2.11 bits per heavy atom. The Morgan fingerprint density at radius 2 is 1.56 bits per heavy atom. The lowest BCUT2D eigenvalue weighted by atomic mass is 10.0. The second-order valence-electron chi connectivity index (χ2n) is 3.73. The Balaban J connectivity index is 2.58. The molecular weight excluding hydrogens is 255 g/mol.